The highest BCUT2D eigenvalue weighted by molar-refractivity contribution is 6.48. The van der Waals surface area contributed by atoms with Crippen LogP contribution in [0.1, 0.15) is 47.5 Å². The number of Topliss-reactive ketones (excluding diaryl/α,β-unsaturated/α-hetero) is 2. The van der Waals surface area contributed by atoms with Gasteiger partial charge < -0.3 is 19.7 Å². The van der Waals surface area contributed by atoms with Crippen molar-refractivity contribution in [2.24, 2.45) is 5.92 Å². The van der Waals surface area contributed by atoms with Gasteiger partial charge >= 0.3 is 11.9 Å². The van der Waals surface area contributed by atoms with E-state index in [2.05, 4.69) is 19.9 Å². The Morgan fingerprint density at radius 2 is 1.97 bits per heavy atom. The maximum absolute atomic E-state index is 13.2. The summed E-state index contributed by atoms with van der Waals surface area (Å²) in [7, 11) is 0. The quantitative estimate of drug-likeness (QED) is 0.228. The zero-order chi connectivity index (χ0) is 25.8. The molecular formula is C25H29ClO8. The van der Waals surface area contributed by atoms with Gasteiger partial charge in [-0.3, -0.25) is 14.4 Å². The number of carbonyl (C=O) groups is 4. The topological polar surface area (TPSA) is 127 Å². The smallest absolute Gasteiger partial charge is 0.332 e. The Labute approximate surface area is 203 Å². The van der Waals surface area contributed by atoms with Crippen LogP contribution in [-0.2, 0) is 28.7 Å². The van der Waals surface area contributed by atoms with Crippen molar-refractivity contribution in [1.82, 2.24) is 0 Å². The molecule has 2 N–H and O–H groups in total. The minimum atomic E-state index is -2.41. The van der Waals surface area contributed by atoms with E-state index in [9.17, 15) is 24.3 Å². The number of carboxylic acid groups (broad SMARTS) is 1. The van der Waals surface area contributed by atoms with E-state index in [1.54, 1.807) is 12.2 Å². The SMILES string of the molecule is CCC(C)C=C(C)C=CC1=CC2=C(Cl)C(=O)C(C)(OC(=O)C=C(C)CC(=O)O)C(=O)C2(O)CO1. The average Bonchev–Trinajstić information content (AvgIpc) is 2.75. The van der Waals surface area contributed by atoms with Crippen molar-refractivity contribution >= 4 is 35.1 Å². The summed E-state index contributed by atoms with van der Waals surface area (Å²) < 4.78 is 10.7. The number of ether oxygens (including phenoxy) is 2. The minimum Gasteiger partial charge on any atom is -0.490 e. The van der Waals surface area contributed by atoms with Gasteiger partial charge in [0.1, 0.15) is 12.4 Å². The Morgan fingerprint density at radius 1 is 1.32 bits per heavy atom. The number of aliphatic hydroxyl groups is 1. The summed E-state index contributed by atoms with van der Waals surface area (Å²) in [4.78, 5) is 49.2. The second-order valence-corrected chi connectivity index (χ2v) is 9.10. The molecule has 34 heavy (non-hydrogen) atoms. The lowest BCUT2D eigenvalue weighted by atomic mass is 9.72. The standard InChI is InChI=1S/C25H29ClO8/c1-6-14(2)9-15(3)7-8-17-12-18-21(26)22(30)24(5,23(31)25(18,32)13-33-17)34-20(29)11-16(4)10-19(27)28/h7-9,11-12,14,32H,6,10,13H2,1-5H3,(H,27,28). The highest BCUT2D eigenvalue weighted by atomic mass is 35.5. The first-order chi connectivity index (χ1) is 15.7. The fourth-order valence-corrected chi connectivity index (χ4v) is 3.97. The van der Waals surface area contributed by atoms with Gasteiger partial charge in [-0.25, -0.2) is 4.79 Å². The largest absolute Gasteiger partial charge is 0.490 e. The van der Waals surface area contributed by atoms with Crippen LogP contribution in [0.5, 0.6) is 0 Å². The summed E-state index contributed by atoms with van der Waals surface area (Å²) in [6.45, 7) is 7.98. The van der Waals surface area contributed by atoms with Gasteiger partial charge in [0.05, 0.1) is 11.5 Å². The number of ketones is 2. The van der Waals surface area contributed by atoms with Crippen LogP contribution in [-0.4, -0.2) is 51.5 Å². The Kier molecular flexibility index (Phi) is 8.45. The molecule has 0 aromatic heterocycles. The molecule has 8 nitrogen and oxygen atoms in total. The number of carbonyl (C=O) groups excluding carboxylic acids is 3. The van der Waals surface area contributed by atoms with Crippen LogP contribution < -0.4 is 0 Å². The van der Waals surface area contributed by atoms with Crippen LogP contribution in [0.25, 0.3) is 0 Å². The number of esters is 1. The molecule has 2 aliphatic rings. The third kappa shape index (κ3) is 5.74. The summed E-state index contributed by atoms with van der Waals surface area (Å²) >= 11 is 6.25. The molecule has 0 aromatic carbocycles. The molecule has 0 fully saturated rings. The van der Waals surface area contributed by atoms with Crippen molar-refractivity contribution in [3.8, 4) is 0 Å². The molecule has 0 aromatic rings. The van der Waals surface area contributed by atoms with Crippen LogP contribution in [0.2, 0.25) is 0 Å². The van der Waals surface area contributed by atoms with Gasteiger partial charge in [0.25, 0.3) is 0 Å². The molecule has 0 radical (unpaired) electrons. The number of hydrogen-bond acceptors (Lipinski definition) is 7. The number of rotatable bonds is 8. The normalized spacial score (nSPS) is 26.7. The highest BCUT2D eigenvalue weighted by Gasteiger charge is 2.62. The zero-order valence-electron chi connectivity index (χ0n) is 19.8. The maximum atomic E-state index is 13.2. The van der Waals surface area contributed by atoms with Crippen molar-refractivity contribution in [2.45, 2.75) is 58.7 Å². The lowest BCUT2D eigenvalue weighted by molar-refractivity contribution is -0.177. The van der Waals surface area contributed by atoms with Crippen molar-refractivity contribution in [3.05, 3.63) is 57.9 Å². The molecule has 9 heteroatoms. The van der Waals surface area contributed by atoms with Gasteiger partial charge in [0.15, 0.2) is 5.60 Å². The zero-order valence-corrected chi connectivity index (χ0v) is 20.6. The second kappa shape index (κ2) is 10.5. The summed E-state index contributed by atoms with van der Waals surface area (Å²) in [6, 6.07) is 0. The first-order valence-electron chi connectivity index (χ1n) is 10.8. The third-order valence-electron chi connectivity index (χ3n) is 5.66. The maximum Gasteiger partial charge on any atom is 0.332 e. The monoisotopic (exact) mass is 492 g/mol. The molecule has 3 unspecified atom stereocenters. The van der Waals surface area contributed by atoms with Gasteiger partial charge in [-0.2, -0.15) is 0 Å². The molecule has 1 aliphatic heterocycles. The van der Waals surface area contributed by atoms with Crippen LogP contribution in [0.4, 0.5) is 0 Å². The second-order valence-electron chi connectivity index (χ2n) is 8.73. The van der Waals surface area contributed by atoms with Crippen molar-refractivity contribution in [3.63, 3.8) is 0 Å². The van der Waals surface area contributed by atoms with E-state index < -0.39 is 52.8 Å². The summed E-state index contributed by atoms with van der Waals surface area (Å²) in [5.41, 5.74) is -3.72. The fraction of sp³-hybridized carbons (Fsp3) is 0.440. The first kappa shape index (κ1) is 27.3. The molecule has 0 spiro atoms. The molecule has 0 saturated carbocycles. The van der Waals surface area contributed by atoms with E-state index in [1.807, 2.05) is 6.92 Å². The van der Waals surface area contributed by atoms with Crippen molar-refractivity contribution < 1.29 is 38.9 Å². The number of fused-ring (bicyclic) bond motifs is 1. The first-order valence-corrected chi connectivity index (χ1v) is 11.2. The summed E-state index contributed by atoms with van der Waals surface area (Å²) in [5.74, 6) is -3.68. The number of allylic oxidation sites excluding steroid dienone is 4. The number of hydrogen-bond donors (Lipinski definition) is 2. The number of aliphatic carboxylic acids is 1. The Morgan fingerprint density at radius 3 is 2.56 bits per heavy atom. The van der Waals surface area contributed by atoms with Crippen LogP contribution in [0, 0.1) is 5.92 Å². The van der Waals surface area contributed by atoms with E-state index in [0.717, 1.165) is 25.0 Å². The van der Waals surface area contributed by atoms with E-state index in [1.165, 1.54) is 13.0 Å². The third-order valence-corrected chi connectivity index (χ3v) is 6.03. The Bertz CT molecular complexity index is 1060. The van der Waals surface area contributed by atoms with Gasteiger partial charge in [0, 0.05) is 11.6 Å². The molecule has 0 amide bonds. The molecule has 0 saturated heterocycles. The summed E-state index contributed by atoms with van der Waals surface area (Å²) in [5, 5.41) is 19.5. The molecule has 2 rings (SSSR count). The van der Waals surface area contributed by atoms with Crippen molar-refractivity contribution in [2.75, 3.05) is 6.61 Å². The van der Waals surface area contributed by atoms with E-state index >= 15 is 0 Å². The van der Waals surface area contributed by atoms with Crippen LogP contribution >= 0.6 is 11.6 Å². The molecule has 0 bridgehead atoms. The number of halogens is 1. The lowest BCUT2D eigenvalue weighted by Gasteiger charge is -2.41. The van der Waals surface area contributed by atoms with E-state index in [-0.39, 0.29) is 11.1 Å². The van der Waals surface area contributed by atoms with Gasteiger partial charge in [-0.15, -0.1) is 0 Å². The molecular weight excluding hydrogens is 464 g/mol. The van der Waals surface area contributed by atoms with E-state index in [4.69, 9.17) is 26.2 Å². The molecule has 1 heterocycles. The molecule has 3 atom stereocenters. The molecule has 1 aliphatic carbocycles. The summed E-state index contributed by atoms with van der Waals surface area (Å²) in [6.07, 6.45) is 8.28. The van der Waals surface area contributed by atoms with Gasteiger partial charge in [-0.05, 0) is 38.8 Å². The van der Waals surface area contributed by atoms with Gasteiger partial charge in [-0.1, -0.05) is 55.2 Å². The number of carboxylic acids is 1. The predicted molar refractivity (Wildman–Crippen MR) is 125 cm³/mol. The average molecular weight is 493 g/mol. The highest BCUT2D eigenvalue weighted by Crippen LogP contribution is 2.42. The predicted octanol–water partition coefficient (Wildman–Crippen LogP) is 3.55. The van der Waals surface area contributed by atoms with Crippen LogP contribution in [0.15, 0.2) is 57.9 Å². The molecule has 184 valence electrons. The van der Waals surface area contributed by atoms with Crippen LogP contribution in [0.3, 0.4) is 0 Å². The van der Waals surface area contributed by atoms with Gasteiger partial charge in [0.2, 0.25) is 17.2 Å². The van der Waals surface area contributed by atoms with E-state index in [0.29, 0.717) is 11.7 Å². The Hall–Kier alpha value is -2.97. The Balaban J connectivity index is 2.38. The van der Waals surface area contributed by atoms with Crippen molar-refractivity contribution in [1.29, 1.82) is 0 Å². The minimum absolute atomic E-state index is 0.134. The fourth-order valence-electron chi connectivity index (χ4n) is 3.58. The lowest BCUT2D eigenvalue weighted by Crippen LogP contribution is -2.64.